The molecule has 0 aliphatic carbocycles. The molecule has 0 spiro atoms. The van der Waals surface area contributed by atoms with E-state index in [4.69, 9.17) is 9.97 Å². The van der Waals surface area contributed by atoms with Gasteiger partial charge in [0.1, 0.15) is 11.2 Å². The Morgan fingerprint density at radius 3 is 2.47 bits per heavy atom. The second-order valence-corrected chi connectivity index (χ2v) is 9.19. The predicted molar refractivity (Wildman–Crippen MR) is 142 cm³/mol. The molecule has 4 heterocycles. The fourth-order valence-electron chi connectivity index (χ4n) is 5.68. The lowest BCUT2D eigenvalue weighted by atomic mass is 10.0. The third-order valence-corrected chi connectivity index (χ3v) is 7.04. The molecule has 0 N–H and O–H groups in total. The average molecular weight is 441 g/mol. The number of hydrogen-bond acceptors (Lipinski definition) is 2. The highest BCUT2D eigenvalue weighted by molar-refractivity contribution is 6.16. The lowest BCUT2D eigenvalue weighted by Crippen LogP contribution is -1.97. The van der Waals surface area contributed by atoms with Crippen molar-refractivity contribution in [3.05, 3.63) is 90.1 Å². The molecule has 0 fully saturated rings. The molecular weight excluding hydrogens is 416 g/mol. The van der Waals surface area contributed by atoms with Crippen molar-refractivity contribution in [2.75, 3.05) is 0 Å². The molecule has 0 saturated heterocycles. The predicted octanol–water partition coefficient (Wildman–Crippen LogP) is 7.45. The highest BCUT2D eigenvalue weighted by atomic mass is 15.1. The summed E-state index contributed by atoms with van der Waals surface area (Å²) in [6, 6.07) is 26.1. The SMILES string of the molecule is CCn1c2cc3cc(-c4ccccc4)n4c5ncccc5nc4c3cc2c2cc(C)cc(C)c21. The van der Waals surface area contributed by atoms with E-state index in [1.807, 2.05) is 18.3 Å². The van der Waals surface area contributed by atoms with Gasteiger partial charge in [0.25, 0.3) is 0 Å². The Hall–Kier alpha value is -4.18. The molecule has 0 radical (unpaired) electrons. The maximum Gasteiger partial charge on any atom is 0.164 e. The van der Waals surface area contributed by atoms with E-state index in [1.165, 1.54) is 38.3 Å². The number of rotatable bonds is 2. The van der Waals surface area contributed by atoms with Gasteiger partial charge in [-0.25, -0.2) is 9.97 Å². The fourth-order valence-corrected chi connectivity index (χ4v) is 5.68. The van der Waals surface area contributed by atoms with E-state index in [2.05, 4.69) is 90.4 Å². The van der Waals surface area contributed by atoms with E-state index in [-0.39, 0.29) is 0 Å². The molecule has 164 valence electrons. The number of aromatic nitrogens is 4. The van der Waals surface area contributed by atoms with E-state index in [0.717, 1.165) is 40.0 Å². The van der Waals surface area contributed by atoms with Gasteiger partial charge in [-0.1, -0.05) is 42.0 Å². The first-order valence-corrected chi connectivity index (χ1v) is 11.8. The number of fused-ring (bicyclic) bond motifs is 8. The monoisotopic (exact) mass is 440 g/mol. The number of aryl methyl sites for hydroxylation is 3. The third kappa shape index (κ3) is 2.54. The Kier molecular flexibility index (Phi) is 3.92. The second-order valence-electron chi connectivity index (χ2n) is 9.19. The highest BCUT2D eigenvalue weighted by Gasteiger charge is 2.18. The van der Waals surface area contributed by atoms with E-state index in [9.17, 15) is 0 Å². The maximum atomic E-state index is 5.07. The van der Waals surface area contributed by atoms with Gasteiger partial charge in [0.2, 0.25) is 0 Å². The van der Waals surface area contributed by atoms with Crippen LogP contribution in [0.2, 0.25) is 0 Å². The van der Waals surface area contributed by atoms with E-state index < -0.39 is 0 Å². The van der Waals surface area contributed by atoms with Crippen LogP contribution in [0.25, 0.3) is 60.6 Å². The number of nitrogens with zero attached hydrogens (tertiary/aromatic N) is 4. The van der Waals surface area contributed by atoms with Crippen molar-refractivity contribution in [1.29, 1.82) is 0 Å². The summed E-state index contributed by atoms with van der Waals surface area (Å²) in [5.74, 6) is 0. The van der Waals surface area contributed by atoms with Crippen molar-refractivity contribution in [2.24, 2.45) is 0 Å². The molecule has 0 amide bonds. The normalized spacial score (nSPS) is 12.1. The molecule has 0 atom stereocenters. The summed E-state index contributed by atoms with van der Waals surface area (Å²) in [7, 11) is 0. The van der Waals surface area contributed by atoms with Crippen molar-refractivity contribution in [3.8, 4) is 11.3 Å². The first-order valence-electron chi connectivity index (χ1n) is 11.8. The second kappa shape index (κ2) is 6.91. The number of hydrogen-bond donors (Lipinski definition) is 0. The van der Waals surface area contributed by atoms with Crippen LogP contribution < -0.4 is 0 Å². The van der Waals surface area contributed by atoms with E-state index in [0.29, 0.717) is 0 Å². The molecule has 0 aliphatic heterocycles. The van der Waals surface area contributed by atoms with Crippen LogP contribution in [-0.2, 0) is 6.54 Å². The summed E-state index contributed by atoms with van der Waals surface area (Å²) < 4.78 is 4.67. The van der Waals surface area contributed by atoms with Crippen LogP contribution in [0.1, 0.15) is 18.1 Å². The van der Waals surface area contributed by atoms with Crippen molar-refractivity contribution < 1.29 is 0 Å². The van der Waals surface area contributed by atoms with Gasteiger partial charge in [0.05, 0.1) is 11.2 Å². The molecule has 0 bridgehead atoms. The van der Waals surface area contributed by atoms with Crippen molar-refractivity contribution >= 4 is 49.4 Å². The number of benzene rings is 3. The molecule has 34 heavy (non-hydrogen) atoms. The first-order chi connectivity index (χ1) is 16.6. The van der Waals surface area contributed by atoms with Crippen molar-refractivity contribution in [2.45, 2.75) is 27.3 Å². The lowest BCUT2D eigenvalue weighted by molar-refractivity contribution is 0.825. The van der Waals surface area contributed by atoms with Gasteiger partial charge < -0.3 is 4.57 Å². The summed E-state index contributed by atoms with van der Waals surface area (Å²) in [6.07, 6.45) is 1.85. The molecule has 0 aliphatic rings. The molecule has 4 nitrogen and oxygen atoms in total. The highest BCUT2D eigenvalue weighted by Crippen LogP contribution is 2.38. The van der Waals surface area contributed by atoms with Crippen LogP contribution in [-0.4, -0.2) is 18.9 Å². The number of imidazole rings is 1. The van der Waals surface area contributed by atoms with Gasteiger partial charge in [0.15, 0.2) is 5.65 Å². The minimum atomic E-state index is 0.890. The van der Waals surface area contributed by atoms with Crippen LogP contribution in [0.3, 0.4) is 0 Å². The van der Waals surface area contributed by atoms with Gasteiger partial charge in [-0.3, -0.25) is 4.40 Å². The smallest absolute Gasteiger partial charge is 0.164 e. The van der Waals surface area contributed by atoms with Crippen molar-refractivity contribution in [3.63, 3.8) is 0 Å². The number of pyridine rings is 2. The van der Waals surface area contributed by atoms with Gasteiger partial charge in [0, 0.05) is 34.4 Å². The Morgan fingerprint density at radius 1 is 0.794 bits per heavy atom. The largest absolute Gasteiger partial charge is 0.341 e. The lowest BCUT2D eigenvalue weighted by Gasteiger charge is -2.11. The Bertz CT molecular complexity index is 1910. The Balaban J connectivity index is 1.72. The topological polar surface area (TPSA) is 35.1 Å². The quantitative estimate of drug-likeness (QED) is 0.280. The zero-order chi connectivity index (χ0) is 23.0. The minimum absolute atomic E-state index is 0.890. The van der Waals surface area contributed by atoms with E-state index >= 15 is 0 Å². The van der Waals surface area contributed by atoms with Crippen LogP contribution in [0, 0.1) is 13.8 Å². The van der Waals surface area contributed by atoms with Crippen LogP contribution in [0.5, 0.6) is 0 Å². The summed E-state index contributed by atoms with van der Waals surface area (Å²) in [5, 5.41) is 4.95. The molecule has 4 aromatic heterocycles. The zero-order valence-electron chi connectivity index (χ0n) is 19.5. The Labute approximate surface area is 197 Å². The molecule has 4 heteroatoms. The van der Waals surface area contributed by atoms with Gasteiger partial charge in [-0.2, -0.15) is 0 Å². The van der Waals surface area contributed by atoms with Crippen molar-refractivity contribution in [1.82, 2.24) is 18.9 Å². The third-order valence-electron chi connectivity index (χ3n) is 7.04. The molecule has 3 aromatic carbocycles. The Morgan fingerprint density at radius 2 is 1.65 bits per heavy atom. The summed E-state index contributed by atoms with van der Waals surface area (Å²) in [4.78, 5) is 9.78. The first kappa shape index (κ1) is 19.3. The van der Waals surface area contributed by atoms with Crippen LogP contribution >= 0.6 is 0 Å². The maximum absolute atomic E-state index is 5.07. The standard InChI is InChI=1S/C30H24N4/c1-4-33-27-16-21-15-26(20-9-6-5-7-10-20)34-29(32-25-11-8-12-31-30(25)34)22(21)17-23(27)24-14-18(2)13-19(3)28(24)33/h5-17H,4H2,1-3H3. The molecule has 7 rings (SSSR count). The fraction of sp³-hybridized carbons (Fsp3) is 0.133. The van der Waals surface area contributed by atoms with Crippen LogP contribution in [0.4, 0.5) is 0 Å². The molecule has 0 unspecified atom stereocenters. The summed E-state index contributed by atoms with van der Waals surface area (Å²) in [5.41, 5.74) is 10.2. The summed E-state index contributed by atoms with van der Waals surface area (Å²) in [6.45, 7) is 7.56. The molecule has 7 aromatic rings. The molecular formula is C30H24N4. The van der Waals surface area contributed by atoms with E-state index in [1.54, 1.807) is 0 Å². The minimum Gasteiger partial charge on any atom is -0.341 e. The average Bonchev–Trinajstić information content (AvgIpc) is 3.39. The zero-order valence-corrected chi connectivity index (χ0v) is 19.5. The summed E-state index contributed by atoms with van der Waals surface area (Å²) >= 11 is 0. The van der Waals surface area contributed by atoms with Crippen LogP contribution in [0.15, 0.2) is 79.0 Å². The van der Waals surface area contributed by atoms with Gasteiger partial charge in [-0.05, 0) is 73.7 Å². The van der Waals surface area contributed by atoms with Gasteiger partial charge in [-0.15, -0.1) is 0 Å². The van der Waals surface area contributed by atoms with Gasteiger partial charge >= 0.3 is 0 Å². The molecule has 0 saturated carbocycles.